The van der Waals surface area contributed by atoms with Gasteiger partial charge in [-0.3, -0.25) is 0 Å². The van der Waals surface area contributed by atoms with Gasteiger partial charge in [0, 0.05) is 0 Å². The highest BCUT2D eigenvalue weighted by Crippen LogP contribution is 2.22. The second-order valence-electron chi connectivity index (χ2n) is 4.80. The van der Waals surface area contributed by atoms with Gasteiger partial charge in [0.1, 0.15) is 5.75 Å². The minimum atomic E-state index is 0.565. The van der Waals surface area contributed by atoms with Gasteiger partial charge in [-0.2, -0.15) is 12.6 Å². The number of para-hydroxylation sites is 1. The van der Waals surface area contributed by atoms with Crippen LogP contribution in [0, 0.1) is 11.8 Å². The van der Waals surface area contributed by atoms with Crippen molar-refractivity contribution in [2.75, 3.05) is 12.4 Å². The molecule has 2 heteroatoms. The van der Waals surface area contributed by atoms with Crippen LogP contribution < -0.4 is 4.74 Å². The molecule has 0 aliphatic rings. The maximum Gasteiger partial charge on any atom is 0.122 e. The Labute approximate surface area is 105 Å². The molecule has 0 fully saturated rings. The van der Waals surface area contributed by atoms with E-state index in [1.807, 2.05) is 6.07 Å². The Hall–Kier alpha value is -0.630. The highest BCUT2D eigenvalue weighted by atomic mass is 32.1. The van der Waals surface area contributed by atoms with Crippen LogP contribution in [0.2, 0.25) is 0 Å². The van der Waals surface area contributed by atoms with E-state index in [0.717, 1.165) is 24.5 Å². The van der Waals surface area contributed by atoms with Crippen LogP contribution in [-0.2, 0) is 6.42 Å². The van der Waals surface area contributed by atoms with E-state index in [2.05, 4.69) is 51.6 Å². The predicted octanol–water partition coefficient (Wildman–Crippen LogP) is 3.83. The van der Waals surface area contributed by atoms with Crippen molar-refractivity contribution in [3.8, 4) is 5.75 Å². The molecule has 1 aromatic carbocycles. The maximum absolute atomic E-state index is 5.82. The minimum Gasteiger partial charge on any atom is -0.493 e. The molecule has 0 aliphatic heterocycles. The normalized spacial score (nSPS) is 12.8. The first kappa shape index (κ1) is 13.4. The molecule has 0 saturated carbocycles. The second kappa shape index (κ2) is 6.85. The van der Waals surface area contributed by atoms with E-state index >= 15 is 0 Å². The van der Waals surface area contributed by atoms with Crippen LogP contribution in [0.15, 0.2) is 24.3 Å². The van der Waals surface area contributed by atoms with Gasteiger partial charge >= 0.3 is 0 Å². The Morgan fingerprint density at radius 2 is 1.88 bits per heavy atom. The van der Waals surface area contributed by atoms with Crippen molar-refractivity contribution in [2.45, 2.75) is 27.2 Å². The van der Waals surface area contributed by atoms with Gasteiger partial charge in [0.2, 0.25) is 0 Å². The van der Waals surface area contributed by atoms with E-state index in [0.29, 0.717) is 11.8 Å². The smallest absolute Gasteiger partial charge is 0.122 e. The first-order valence-electron chi connectivity index (χ1n) is 5.95. The number of hydrogen-bond donors (Lipinski definition) is 1. The molecule has 0 amide bonds. The Kier molecular flexibility index (Phi) is 5.75. The number of benzene rings is 1. The molecule has 0 spiro atoms. The number of ether oxygens (including phenoxy) is 1. The molecule has 16 heavy (non-hydrogen) atoms. The van der Waals surface area contributed by atoms with E-state index < -0.39 is 0 Å². The lowest BCUT2D eigenvalue weighted by Crippen LogP contribution is -2.08. The van der Waals surface area contributed by atoms with Crippen LogP contribution in [-0.4, -0.2) is 12.4 Å². The predicted molar refractivity (Wildman–Crippen MR) is 73.5 cm³/mol. The average Bonchev–Trinajstić information content (AvgIpc) is 2.27. The monoisotopic (exact) mass is 238 g/mol. The topological polar surface area (TPSA) is 9.23 Å². The molecule has 1 nitrogen and oxygen atoms in total. The maximum atomic E-state index is 5.82. The van der Waals surface area contributed by atoms with Crippen LogP contribution in [0.4, 0.5) is 0 Å². The fourth-order valence-electron chi connectivity index (χ4n) is 1.51. The van der Waals surface area contributed by atoms with E-state index in [-0.39, 0.29) is 0 Å². The molecule has 1 atom stereocenters. The van der Waals surface area contributed by atoms with E-state index in [1.165, 1.54) is 5.56 Å². The molecule has 0 N–H and O–H groups in total. The van der Waals surface area contributed by atoms with Gasteiger partial charge in [-0.05, 0) is 35.6 Å². The van der Waals surface area contributed by atoms with Gasteiger partial charge in [0.05, 0.1) is 6.61 Å². The Morgan fingerprint density at radius 3 is 2.50 bits per heavy atom. The Bertz CT molecular complexity index is 309. The van der Waals surface area contributed by atoms with E-state index in [9.17, 15) is 0 Å². The summed E-state index contributed by atoms with van der Waals surface area (Å²) < 4.78 is 5.82. The molecule has 0 radical (unpaired) electrons. The third-order valence-corrected chi connectivity index (χ3v) is 3.05. The Balaban J connectivity index is 2.67. The van der Waals surface area contributed by atoms with Crippen molar-refractivity contribution >= 4 is 12.6 Å². The number of rotatable bonds is 6. The molecule has 1 aromatic rings. The van der Waals surface area contributed by atoms with E-state index in [1.54, 1.807) is 0 Å². The fourth-order valence-corrected chi connectivity index (χ4v) is 1.64. The summed E-state index contributed by atoms with van der Waals surface area (Å²) in [5, 5.41) is 0. The van der Waals surface area contributed by atoms with Crippen LogP contribution >= 0.6 is 12.6 Å². The van der Waals surface area contributed by atoms with Crippen molar-refractivity contribution in [1.29, 1.82) is 0 Å². The third-order valence-electron chi connectivity index (χ3n) is 2.42. The third kappa shape index (κ3) is 4.48. The largest absolute Gasteiger partial charge is 0.493 e. The average molecular weight is 238 g/mol. The SMILES string of the molecule is CC(C)COc1ccccc1CC(C)CS. The van der Waals surface area contributed by atoms with Crippen LogP contribution in [0.1, 0.15) is 26.3 Å². The summed E-state index contributed by atoms with van der Waals surface area (Å²) >= 11 is 4.32. The zero-order chi connectivity index (χ0) is 12.0. The van der Waals surface area contributed by atoms with Gasteiger partial charge in [0.15, 0.2) is 0 Å². The highest BCUT2D eigenvalue weighted by Gasteiger charge is 2.07. The molecule has 0 bridgehead atoms. The second-order valence-corrected chi connectivity index (χ2v) is 5.17. The zero-order valence-corrected chi connectivity index (χ0v) is 11.3. The summed E-state index contributed by atoms with van der Waals surface area (Å²) in [5.41, 5.74) is 1.30. The quantitative estimate of drug-likeness (QED) is 0.741. The lowest BCUT2D eigenvalue weighted by atomic mass is 10.0. The van der Waals surface area contributed by atoms with Gasteiger partial charge in [-0.15, -0.1) is 0 Å². The first-order valence-corrected chi connectivity index (χ1v) is 6.58. The van der Waals surface area contributed by atoms with Gasteiger partial charge in [-0.25, -0.2) is 0 Å². The van der Waals surface area contributed by atoms with Crippen molar-refractivity contribution in [3.05, 3.63) is 29.8 Å². The van der Waals surface area contributed by atoms with Gasteiger partial charge in [0.25, 0.3) is 0 Å². The van der Waals surface area contributed by atoms with Crippen LogP contribution in [0.5, 0.6) is 5.75 Å². The van der Waals surface area contributed by atoms with Crippen LogP contribution in [0.25, 0.3) is 0 Å². The standard InChI is InChI=1S/C14H22OS/c1-11(2)9-15-14-7-5-4-6-13(14)8-12(3)10-16/h4-7,11-12,16H,8-10H2,1-3H3. The summed E-state index contributed by atoms with van der Waals surface area (Å²) in [6.45, 7) is 7.33. The van der Waals surface area contributed by atoms with E-state index in [4.69, 9.17) is 4.74 Å². The molecule has 0 aliphatic carbocycles. The van der Waals surface area contributed by atoms with Crippen molar-refractivity contribution in [1.82, 2.24) is 0 Å². The summed E-state index contributed by atoms with van der Waals surface area (Å²) in [7, 11) is 0. The van der Waals surface area contributed by atoms with Gasteiger partial charge < -0.3 is 4.74 Å². The molecule has 0 heterocycles. The minimum absolute atomic E-state index is 0.565. The molecular formula is C14H22OS. The van der Waals surface area contributed by atoms with Crippen LogP contribution in [0.3, 0.4) is 0 Å². The summed E-state index contributed by atoms with van der Waals surface area (Å²) in [6.07, 6.45) is 1.04. The fraction of sp³-hybridized carbons (Fsp3) is 0.571. The molecule has 1 rings (SSSR count). The lowest BCUT2D eigenvalue weighted by molar-refractivity contribution is 0.268. The Morgan fingerprint density at radius 1 is 1.19 bits per heavy atom. The van der Waals surface area contributed by atoms with Crippen molar-refractivity contribution in [3.63, 3.8) is 0 Å². The van der Waals surface area contributed by atoms with Gasteiger partial charge in [-0.1, -0.05) is 39.0 Å². The highest BCUT2D eigenvalue weighted by molar-refractivity contribution is 7.80. The van der Waals surface area contributed by atoms with Crippen molar-refractivity contribution in [2.24, 2.45) is 11.8 Å². The first-order chi connectivity index (χ1) is 7.63. The molecular weight excluding hydrogens is 216 g/mol. The summed E-state index contributed by atoms with van der Waals surface area (Å²) in [4.78, 5) is 0. The number of hydrogen-bond acceptors (Lipinski definition) is 2. The summed E-state index contributed by atoms with van der Waals surface area (Å²) in [5.74, 6) is 3.10. The number of thiol groups is 1. The molecule has 0 aromatic heterocycles. The molecule has 0 saturated heterocycles. The van der Waals surface area contributed by atoms with Crippen molar-refractivity contribution < 1.29 is 4.74 Å². The zero-order valence-electron chi connectivity index (χ0n) is 10.4. The molecule has 90 valence electrons. The lowest BCUT2D eigenvalue weighted by Gasteiger charge is -2.15. The molecule has 1 unspecified atom stereocenters. The summed E-state index contributed by atoms with van der Waals surface area (Å²) in [6, 6.07) is 8.31.